The van der Waals surface area contributed by atoms with Gasteiger partial charge >= 0.3 is 0 Å². The Labute approximate surface area is 113 Å². The van der Waals surface area contributed by atoms with E-state index in [0.717, 1.165) is 26.0 Å². The summed E-state index contributed by atoms with van der Waals surface area (Å²) in [4.78, 5) is 16.5. The molecular weight excluding hydrogens is 268 g/mol. The van der Waals surface area contributed by atoms with Crippen LogP contribution in [0.1, 0.15) is 5.56 Å². The molecule has 0 spiro atoms. The number of aryl methyl sites for hydroxylation is 1. The van der Waals surface area contributed by atoms with Gasteiger partial charge in [0.05, 0.1) is 11.3 Å². The quantitative estimate of drug-likeness (QED) is 0.728. The van der Waals surface area contributed by atoms with E-state index in [2.05, 4.69) is 19.9 Å². The van der Waals surface area contributed by atoms with Crippen molar-refractivity contribution in [2.75, 3.05) is 0 Å². The lowest BCUT2D eigenvalue weighted by atomic mass is 10.2. The van der Waals surface area contributed by atoms with Crippen molar-refractivity contribution in [2.45, 2.75) is 16.8 Å². The average Bonchev–Trinajstić information content (AvgIpc) is 2.84. The highest BCUT2D eigenvalue weighted by Crippen LogP contribution is 2.35. The molecule has 0 amide bonds. The summed E-state index contributed by atoms with van der Waals surface area (Å²) >= 11 is 7.79. The third-order valence-electron chi connectivity index (χ3n) is 2.55. The van der Waals surface area contributed by atoms with E-state index in [9.17, 15) is 0 Å². The average molecular weight is 277 g/mol. The van der Waals surface area contributed by atoms with Gasteiger partial charge < -0.3 is 4.98 Å². The minimum absolute atomic E-state index is 0.663. The summed E-state index contributed by atoms with van der Waals surface area (Å²) < 4.78 is 0. The smallest absolute Gasteiger partial charge is 0.181 e. The number of benzene rings is 1. The molecule has 1 aromatic carbocycles. The number of nitrogens with zero attached hydrogens (tertiary/aromatic N) is 3. The van der Waals surface area contributed by atoms with Crippen LogP contribution in [-0.4, -0.2) is 19.9 Å². The summed E-state index contributed by atoms with van der Waals surface area (Å²) in [6.07, 6.45) is 3.12. The van der Waals surface area contributed by atoms with Crippen molar-refractivity contribution in [3.8, 4) is 0 Å². The van der Waals surface area contributed by atoms with E-state index in [-0.39, 0.29) is 0 Å². The molecule has 0 aliphatic carbocycles. The second-order valence-corrected chi connectivity index (χ2v) is 5.18. The number of aromatic amines is 1. The fourth-order valence-corrected chi connectivity index (χ4v) is 2.82. The number of nitrogens with one attached hydrogen (secondary N) is 1. The topological polar surface area (TPSA) is 54.5 Å². The number of imidazole rings is 1. The summed E-state index contributed by atoms with van der Waals surface area (Å²) in [5.74, 6) is 0. The second-order valence-electron chi connectivity index (χ2n) is 3.77. The van der Waals surface area contributed by atoms with Crippen molar-refractivity contribution in [1.29, 1.82) is 0 Å². The zero-order valence-electron chi connectivity index (χ0n) is 9.51. The first-order chi connectivity index (χ1) is 8.75. The summed E-state index contributed by atoms with van der Waals surface area (Å²) in [6.45, 7) is 1.98. The van der Waals surface area contributed by atoms with Gasteiger partial charge in [-0.15, -0.1) is 0 Å². The molecule has 0 radical (unpaired) electrons. The first kappa shape index (κ1) is 11.5. The zero-order chi connectivity index (χ0) is 12.5. The molecule has 2 heterocycles. The third-order valence-corrected chi connectivity index (χ3v) is 4.23. The van der Waals surface area contributed by atoms with Gasteiger partial charge in [-0.25, -0.2) is 15.0 Å². The second kappa shape index (κ2) is 4.59. The Bertz CT molecular complexity index is 710. The van der Waals surface area contributed by atoms with Gasteiger partial charge in [-0.2, -0.15) is 0 Å². The maximum absolute atomic E-state index is 6.28. The van der Waals surface area contributed by atoms with Gasteiger partial charge in [-0.05, 0) is 18.6 Å². The number of hydrogen-bond donors (Lipinski definition) is 1. The number of rotatable bonds is 2. The first-order valence-corrected chi connectivity index (χ1v) is 6.52. The maximum Gasteiger partial charge on any atom is 0.181 e. The molecule has 90 valence electrons. The SMILES string of the molecule is Cc1cccc(Sc2ncnc3nc[nH]c23)c1Cl. The molecule has 0 atom stereocenters. The first-order valence-electron chi connectivity index (χ1n) is 5.33. The van der Waals surface area contributed by atoms with E-state index in [1.807, 2.05) is 25.1 Å². The number of fused-ring (bicyclic) bond motifs is 1. The Kier molecular flexibility index (Phi) is 2.93. The Morgan fingerprint density at radius 2 is 2.11 bits per heavy atom. The summed E-state index contributed by atoms with van der Waals surface area (Å²) in [7, 11) is 0. The molecule has 0 saturated carbocycles. The van der Waals surface area contributed by atoms with Gasteiger partial charge in [0.2, 0.25) is 0 Å². The molecule has 4 nitrogen and oxygen atoms in total. The largest absolute Gasteiger partial charge is 0.341 e. The van der Waals surface area contributed by atoms with Gasteiger partial charge in [-0.1, -0.05) is 35.5 Å². The Balaban J connectivity index is 2.06. The lowest BCUT2D eigenvalue weighted by Gasteiger charge is -2.05. The van der Waals surface area contributed by atoms with E-state index >= 15 is 0 Å². The fourth-order valence-electron chi connectivity index (χ4n) is 1.62. The number of H-pyrrole nitrogens is 1. The molecule has 18 heavy (non-hydrogen) atoms. The van der Waals surface area contributed by atoms with E-state index in [1.165, 1.54) is 18.1 Å². The molecule has 0 bridgehead atoms. The molecule has 3 aromatic rings. The molecule has 1 N–H and O–H groups in total. The van der Waals surface area contributed by atoms with Crippen LogP contribution in [0, 0.1) is 6.92 Å². The van der Waals surface area contributed by atoms with Gasteiger partial charge in [0.1, 0.15) is 16.9 Å². The van der Waals surface area contributed by atoms with Crippen molar-refractivity contribution in [2.24, 2.45) is 0 Å². The molecule has 6 heteroatoms. The number of hydrogen-bond acceptors (Lipinski definition) is 4. The summed E-state index contributed by atoms with van der Waals surface area (Å²) in [5.41, 5.74) is 2.55. The Morgan fingerprint density at radius 1 is 1.22 bits per heavy atom. The molecule has 2 aromatic heterocycles. The van der Waals surface area contributed by atoms with Gasteiger partial charge in [0, 0.05) is 4.90 Å². The molecule has 0 fully saturated rings. The number of aromatic nitrogens is 4. The zero-order valence-corrected chi connectivity index (χ0v) is 11.1. The maximum atomic E-state index is 6.28. The van der Waals surface area contributed by atoms with Crippen molar-refractivity contribution < 1.29 is 0 Å². The van der Waals surface area contributed by atoms with Crippen LogP contribution >= 0.6 is 23.4 Å². The Hall–Kier alpha value is -1.59. The number of halogens is 1. The van der Waals surface area contributed by atoms with E-state index in [4.69, 9.17) is 11.6 Å². The molecule has 3 rings (SSSR count). The van der Waals surface area contributed by atoms with Crippen molar-refractivity contribution in [3.05, 3.63) is 41.4 Å². The lowest BCUT2D eigenvalue weighted by Crippen LogP contribution is -1.87. The minimum Gasteiger partial charge on any atom is -0.341 e. The van der Waals surface area contributed by atoms with Gasteiger partial charge in [0.25, 0.3) is 0 Å². The Morgan fingerprint density at radius 3 is 3.00 bits per heavy atom. The van der Waals surface area contributed by atoms with Crippen LogP contribution in [0.2, 0.25) is 5.02 Å². The third kappa shape index (κ3) is 1.95. The van der Waals surface area contributed by atoms with Crippen LogP contribution in [-0.2, 0) is 0 Å². The highest BCUT2D eigenvalue weighted by Gasteiger charge is 2.10. The van der Waals surface area contributed by atoms with Crippen molar-refractivity contribution >= 4 is 34.5 Å². The van der Waals surface area contributed by atoms with Crippen LogP contribution in [0.15, 0.2) is 40.8 Å². The van der Waals surface area contributed by atoms with Crippen molar-refractivity contribution in [1.82, 2.24) is 19.9 Å². The molecule has 0 aliphatic rings. The van der Waals surface area contributed by atoms with Gasteiger partial charge in [-0.3, -0.25) is 0 Å². The highest BCUT2D eigenvalue weighted by atomic mass is 35.5. The predicted molar refractivity (Wildman–Crippen MR) is 72.0 cm³/mol. The van der Waals surface area contributed by atoms with E-state index in [1.54, 1.807) is 6.33 Å². The van der Waals surface area contributed by atoms with Gasteiger partial charge in [0.15, 0.2) is 5.65 Å². The highest BCUT2D eigenvalue weighted by molar-refractivity contribution is 7.99. The van der Waals surface area contributed by atoms with E-state index < -0.39 is 0 Å². The summed E-state index contributed by atoms with van der Waals surface area (Å²) in [6, 6.07) is 5.94. The minimum atomic E-state index is 0.663. The molecule has 0 unspecified atom stereocenters. The van der Waals surface area contributed by atoms with Crippen molar-refractivity contribution in [3.63, 3.8) is 0 Å². The van der Waals surface area contributed by atoms with Crippen LogP contribution in [0.25, 0.3) is 11.2 Å². The monoisotopic (exact) mass is 276 g/mol. The van der Waals surface area contributed by atoms with E-state index in [0.29, 0.717) is 5.65 Å². The summed E-state index contributed by atoms with van der Waals surface area (Å²) in [5, 5.41) is 1.58. The van der Waals surface area contributed by atoms with Crippen LogP contribution in [0.5, 0.6) is 0 Å². The standard InChI is InChI=1S/C12H9ClN4S/c1-7-3-2-4-8(9(7)13)18-12-10-11(15-5-14-10)16-6-17-12/h2-6H,1H3,(H,14,15,16,17). The van der Waals surface area contributed by atoms with Crippen LogP contribution in [0.3, 0.4) is 0 Å². The lowest BCUT2D eigenvalue weighted by molar-refractivity contribution is 1.08. The van der Waals surface area contributed by atoms with Crippen LogP contribution < -0.4 is 0 Å². The van der Waals surface area contributed by atoms with Crippen LogP contribution in [0.4, 0.5) is 0 Å². The fraction of sp³-hybridized carbons (Fsp3) is 0.0833. The molecule has 0 aliphatic heterocycles. The normalized spacial score (nSPS) is 11.0. The molecule has 0 saturated heterocycles. The molecular formula is C12H9ClN4S. The predicted octanol–water partition coefficient (Wildman–Crippen LogP) is 3.47.